The number of allylic oxidation sites excluding steroid dienone is 1. The number of carbonyl (C=O) groups excluding carboxylic acids is 1. The number of halogens is 1. The SMILES string of the molecule is CCOC(=O)[C@@H](OC(C)(C)C)C1=C(Br)C2(C)C=CC(C)=NC2C=C1C. The third-order valence-corrected chi connectivity index (χ3v) is 5.69. The standard InChI is InChI=1S/C20H28BrNO3/c1-8-24-18(23)16(25-19(4,5)6)15-12(2)11-14-20(7,17(15)21)10-9-13(3)22-14/h9-11,14,16H,8H2,1-7H3/t14?,16-,20?/m0/s1. The van der Waals surface area contributed by atoms with Crippen molar-refractivity contribution in [1.82, 2.24) is 0 Å². The fourth-order valence-electron chi connectivity index (χ4n) is 3.11. The lowest BCUT2D eigenvalue weighted by atomic mass is 9.72. The van der Waals surface area contributed by atoms with Gasteiger partial charge in [0.2, 0.25) is 0 Å². The van der Waals surface area contributed by atoms with Gasteiger partial charge in [0.1, 0.15) is 0 Å². The second-order valence-corrected chi connectivity index (χ2v) is 8.56. The van der Waals surface area contributed by atoms with Gasteiger partial charge in [0.05, 0.1) is 18.2 Å². The average molecular weight is 410 g/mol. The minimum Gasteiger partial charge on any atom is -0.464 e. The summed E-state index contributed by atoms with van der Waals surface area (Å²) in [5.41, 5.74) is 2.02. The van der Waals surface area contributed by atoms with Gasteiger partial charge in [-0.05, 0) is 60.1 Å². The molecule has 0 amide bonds. The van der Waals surface area contributed by atoms with Gasteiger partial charge in [-0.2, -0.15) is 0 Å². The van der Waals surface area contributed by atoms with Crippen LogP contribution in [0.25, 0.3) is 0 Å². The molecule has 0 spiro atoms. The van der Waals surface area contributed by atoms with Gasteiger partial charge in [0.15, 0.2) is 6.10 Å². The third-order valence-electron chi connectivity index (χ3n) is 4.40. The van der Waals surface area contributed by atoms with Gasteiger partial charge >= 0.3 is 5.97 Å². The second-order valence-electron chi connectivity index (χ2n) is 7.77. The molecule has 0 aromatic carbocycles. The van der Waals surface area contributed by atoms with Crippen LogP contribution in [0.4, 0.5) is 0 Å². The van der Waals surface area contributed by atoms with Crippen LogP contribution in [0.3, 0.4) is 0 Å². The monoisotopic (exact) mass is 409 g/mol. The highest BCUT2D eigenvalue weighted by Crippen LogP contribution is 2.48. The van der Waals surface area contributed by atoms with Gasteiger partial charge in [-0.25, -0.2) is 4.79 Å². The Bertz CT molecular complexity index is 682. The molecule has 1 aliphatic heterocycles. The molecule has 2 rings (SSSR count). The number of aliphatic imine (C=N–C) groups is 1. The number of hydrogen-bond acceptors (Lipinski definition) is 4. The summed E-state index contributed by atoms with van der Waals surface area (Å²) < 4.78 is 12.3. The molecule has 25 heavy (non-hydrogen) atoms. The number of fused-ring (bicyclic) bond motifs is 1. The molecule has 2 aliphatic rings. The zero-order chi connectivity index (χ0) is 19.0. The first-order valence-corrected chi connectivity index (χ1v) is 9.46. The number of hydrogen-bond donors (Lipinski definition) is 0. The van der Waals surface area contributed by atoms with Crippen molar-refractivity contribution in [3.63, 3.8) is 0 Å². The van der Waals surface area contributed by atoms with E-state index < -0.39 is 11.7 Å². The fourth-order valence-corrected chi connectivity index (χ4v) is 4.00. The molecular formula is C20H28BrNO3. The molecule has 0 bridgehead atoms. The summed E-state index contributed by atoms with van der Waals surface area (Å²) in [6, 6.07) is 0.00751. The molecule has 4 nitrogen and oxygen atoms in total. The Morgan fingerprint density at radius 3 is 2.60 bits per heavy atom. The number of nitrogens with zero attached hydrogens (tertiary/aromatic N) is 1. The van der Waals surface area contributed by atoms with E-state index in [4.69, 9.17) is 14.5 Å². The van der Waals surface area contributed by atoms with Gasteiger partial charge in [-0.1, -0.05) is 28.1 Å². The normalized spacial score (nSPS) is 27.4. The number of ether oxygens (including phenoxy) is 2. The number of esters is 1. The first-order chi connectivity index (χ1) is 11.5. The average Bonchev–Trinajstić information content (AvgIpc) is 2.48. The van der Waals surface area contributed by atoms with Crippen molar-refractivity contribution in [2.75, 3.05) is 6.61 Å². The van der Waals surface area contributed by atoms with Crippen molar-refractivity contribution >= 4 is 27.6 Å². The van der Waals surface area contributed by atoms with Crippen LogP contribution in [0.1, 0.15) is 48.5 Å². The zero-order valence-electron chi connectivity index (χ0n) is 16.1. The molecule has 3 atom stereocenters. The first kappa shape index (κ1) is 20.1. The van der Waals surface area contributed by atoms with Gasteiger partial charge in [0, 0.05) is 21.2 Å². The topological polar surface area (TPSA) is 47.9 Å². The van der Waals surface area contributed by atoms with E-state index in [9.17, 15) is 4.79 Å². The summed E-state index contributed by atoms with van der Waals surface area (Å²) in [6.45, 7) is 14.1. The first-order valence-electron chi connectivity index (χ1n) is 8.66. The second kappa shape index (κ2) is 7.20. The zero-order valence-corrected chi connectivity index (χ0v) is 17.7. The molecule has 1 heterocycles. The van der Waals surface area contributed by atoms with Gasteiger partial charge in [-0.3, -0.25) is 4.99 Å². The van der Waals surface area contributed by atoms with Crippen molar-refractivity contribution in [1.29, 1.82) is 0 Å². The van der Waals surface area contributed by atoms with Crippen molar-refractivity contribution in [2.24, 2.45) is 10.4 Å². The summed E-state index contributed by atoms with van der Waals surface area (Å²) >= 11 is 3.77. The molecular weight excluding hydrogens is 382 g/mol. The summed E-state index contributed by atoms with van der Waals surface area (Å²) in [6.07, 6.45) is 5.51. The Labute approximate surface area is 159 Å². The Morgan fingerprint density at radius 1 is 1.40 bits per heavy atom. The van der Waals surface area contributed by atoms with Crippen LogP contribution in [0.15, 0.2) is 38.8 Å². The highest BCUT2D eigenvalue weighted by atomic mass is 79.9. The number of carbonyl (C=O) groups is 1. The highest BCUT2D eigenvalue weighted by Gasteiger charge is 2.44. The van der Waals surface area contributed by atoms with E-state index in [2.05, 4.69) is 35.0 Å². The van der Waals surface area contributed by atoms with Crippen molar-refractivity contribution in [3.8, 4) is 0 Å². The Morgan fingerprint density at radius 2 is 2.04 bits per heavy atom. The van der Waals surface area contributed by atoms with Crippen LogP contribution in [0.2, 0.25) is 0 Å². The molecule has 0 saturated heterocycles. The van der Waals surface area contributed by atoms with E-state index in [1.807, 2.05) is 40.7 Å². The Kier molecular flexibility index (Phi) is 5.79. The molecule has 0 radical (unpaired) electrons. The lowest BCUT2D eigenvalue weighted by molar-refractivity contribution is -0.161. The van der Waals surface area contributed by atoms with E-state index in [0.29, 0.717) is 6.61 Å². The number of rotatable bonds is 4. The van der Waals surface area contributed by atoms with E-state index in [0.717, 1.165) is 21.3 Å². The largest absolute Gasteiger partial charge is 0.464 e. The summed E-state index contributed by atoms with van der Waals surface area (Å²) in [4.78, 5) is 17.4. The molecule has 2 unspecified atom stereocenters. The maximum atomic E-state index is 12.7. The van der Waals surface area contributed by atoms with Crippen LogP contribution in [0.5, 0.6) is 0 Å². The molecule has 0 fully saturated rings. The van der Waals surface area contributed by atoms with Crippen molar-refractivity contribution in [2.45, 2.75) is 66.2 Å². The summed E-state index contributed by atoms with van der Waals surface area (Å²) in [7, 11) is 0. The fraction of sp³-hybridized carbons (Fsp3) is 0.600. The van der Waals surface area contributed by atoms with Gasteiger partial charge in [0.25, 0.3) is 0 Å². The lowest BCUT2D eigenvalue weighted by Crippen LogP contribution is -2.41. The predicted octanol–water partition coefficient (Wildman–Crippen LogP) is 4.75. The molecule has 1 aliphatic carbocycles. The van der Waals surface area contributed by atoms with Crippen molar-refractivity contribution < 1.29 is 14.3 Å². The van der Waals surface area contributed by atoms with Crippen molar-refractivity contribution in [3.05, 3.63) is 33.9 Å². The van der Waals surface area contributed by atoms with E-state index in [-0.39, 0.29) is 17.4 Å². The maximum Gasteiger partial charge on any atom is 0.339 e. The van der Waals surface area contributed by atoms with Crippen LogP contribution in [0, 0.1) is 5.41 Å². The molecule has 0 aromatic heterocycles. The van der Waals surface area contributed by atoms with Crippen LogP contribution >= 0.6 is 15.9 Å². The van der Waals surface area contributed by atoms with E-state index >= 15 is 0 Å². The molecule has 0 saturated carbocycles. The molecule has 5 heteroatoms. The lowest BCUT2D eigenvalue weighted by Gasteiger charge is -2.41. The smallest absolute Gasteiger partial charge is 0.339 e. The van der Waals surface area contributed by atoms with E-state index in [1.54, 1.807) is 6.92 Å². The van der Waals surface area contributed by atoms with Crippen LogP contribution < -0.4 is 0 Å². The molecule has 138 valence electrons. The Balaban J connectivity index is 2.54. The van der Waals surface area contributed by atoms with E-state index in [1.165, 1.54) is 0 Å². The minimum absolute atomic E-state index is 0.00751. The quantitative estimate of drug-likeness (QED) is 0.629. The van der Waals surface area contributed by atoms with Gasteiger partial charge < -0.3 is 9.47 Å². The summed E-state index contributed by atoms with van der Waals surface area (Å²) in [5.74, 6) is -0.362. The summed E-state index contributed by atoms with van der Waals surface area (Å²) in [5, 5.41) is 0. The third kappa shape index (κ3) is 4.14. The molecule has 0 N–H and O–H groups in total. The van der Waals surface area contributed by atoms with Crippen LogP contribution in [-0.2, 0) is 14.3 Å². The molecule has 0 aromatic rings. The highest BCUT2D eigenvalue weighted by molar-refractivity contribution is 9.11. The van der Waals surface area contributed by atoms with Gasteiger partial charge in [-0.15, -0.1) is 0 Å². The minimum atomic E-state index is -0.774. The number of dihydropyridines is 1. The predicted molar refractivity (Wildman–Crippen MR) is 105 cm³/mol. The van der Waals surface area contributed by atoms with Crippen LogP contribution in [-0.4, -0.2) is 36.0 Å². The maximum absolute atomic E-state index is 12.7. The Hall–Kier alpha value is -1.20.